The first-order valence-corrected chi connectivity index (χ1v) is 6.09. The van der Waals surface area contributed by atoms with Crippen LogP contribution >= 0.6 is 0 Å². The van der Waals surface area contributed by atoms with E-state index in [4.69, 9.17) is 4.74 Å². The first-order valence-electron chi connectivity index (χ1n) is 6.09. The Kier molecular flexibility index (Phi) is 3.88. The summed E-state index contributed by atoms with van der Waals surface area (Å²) in [5, 5.41) is 0. The van der Waals surface area contributed by atoms with Gasteiger partial charge >= 0.3 is 0 Å². The monoisotopic (exact) mass is 241 g/mol. The fraction of sp³-hybridized carbons (Fsp3) is 0.250. The van der Waals surface area contributed by atoms with Gasteiger partial charge in [-0.25, -0.2) is 0 Å². The fourth-order valence-corrected chi connectivity index (χ4v) is 2.10. The lowest BCUT2D eigenvalue weighted by molar-refractivity contribution is 0.414. The maximum Gasteiger partial charge on any atom is 0.119 e. The molecule has 0 N–H and O–H groups in total. The number of methoxy groups -OCH3 is 1. The molecule has 2 rings (SSSR count). The Labute approximate surface area is 109 Å². The normalized spacial score (nSPS) is 10.2. The van der Waals surface area contributed by atoms with Crippen LogP contribution in [0.15, 0.2) is 48.5 Å². The highest BCUT2D eigenvalue weighted by Crippen LogP contribution is 2.23. The molecule has 0 unspecified atom stereocenters. The van der Waals surface area contributed by atoms with Gasteiger partial charge in [0.05, 0.1) is 7.11 Å². The average molecular weight is 241 g/mol. The van der Waals surface area contributed by atoms with Crippen LogP contribution in [0.2, 0.25) is 0 Å². The molecule has 0 aliphatic heterocycles. The Bertz CT molecular complexity index is 520. The van der Waals surface area contributed by atoms with E-state index < -0.39 is 0 Å². The molecule has 0 amide bonds. The van der Waals surface area contributed by atoms with Gasteiger partial charge in [-0.1, -0.05) is 30.3 Å². The van der Waals surface area contributed by atoms with Gasteiger partial charge in [0.2, 0.25) is 0 Å². The van der Waals surface area contributed by atoms with Crippen molar-refractivity contribution in [3.63, 3.8) is 0 Å². The molecule has 0 aliphatic carbocycles. The molecule has 0 aliphatic rings. The van der Waals surface area contributed by atoms with Crippen molar-refractivity contribution < 1.29 is 4.74 Å². The molecule has 0 radical (unpaired) electrons. The molecule has 0 aromatic heterocycles. The SMILES string of the molecule is COc1cccc(Cc2ccccc2N(C)C)c1. The zero-order chi connectivity index (χ0) is 13.0. The van der Waals surface area contributed by atoms with Crippen LogP contribution in [0.1, 0.15) is 11.1 Å². The Hall–Kier alpha value is -1.96. The van der Waals surface area contributed by atoms with Crippen LogP contribution in [0.25, 0.3) is 0 Å². The van der Waals surface area contributed by atoms with Crippen LogP contribution in [0.3, 0.4) is 0 Å². The van der Waals surface area contributed by atoms with Crippen LogP contribution in [0.4, 0.5) is 5.69 Å². The van der Waals surface area contributed by atoms with E-state index in [1.807, 2.05) is 12.1 Å². The number of benzene rings is 2. The van der Waals surface area contributed by atoms with Gasteiger partial charge in [0.1, 0.15) is 5.75 Å². The number of hydrogen-bond donors (Lipinski definition) is 0. The number of hydrogen-bond acceptors (Lipinski definition) is 2. The van der Waals surface area contributed by atoms with Gasteiger partial charge in [-0.15, -0.1) is 0 Å². The molecule has 2 aromatic rings. The van der Waals surface area contributed by atoms with Crippen molar-refractivity contribution in [2.75, 3.05) is 26.1 Å². The van der Waals surface area contributed by atoms with E-state index in [0.29, 0.717) is 0 Å². The van der Waals surface area contributed by atoms with Crippen LogP contribution in [0.5, 0.6) is 5.75 Å². The minimum Gasteiger partial charge on any atom is -0.497 e. The molecule has 0 saturated heterocycles. The van der Waals surface area contributed by atoms with Crippen molar-refractivity contribution in [2.45, 2.75) is 6.42 Å². The van der Waals surface area contributed by atoms with E-state index in [1.165, 1.54) is 16.8 Å². The summed E-state index contributed by atoms with van der Waals surface area (Å²) in [6.07, 6.45) is 0.922. The van der Waals surface area contributed by atoms with Crippen molar-refractivity contribution in [2.24, 2.45) is 0 Å². The molecule has 0 saturated carbocycles. The Morgan fingerprint density at radius 3 is 2.50 bits per heavy atom. The van der Waals surface area contributed by atoms with E-state index in [9.17, 15) is 0 Å². The molecular formula is C16H19NO. The summed E-state index contributed by atoms with van der Waals surface area (Å²) >= 11 is 0. The van der Waals surface area contributed by atoms with Crippen molar-refractivity contribution in [1.82, 2.24) is 0 Å². The third-order valence-electron chi connectivity index (χ3n) is 3.00. The second-order valence-electron chi connectivity index (χ2n) is 4.55. The third kappa shape index (κ3) is 2.83. The van der Waals surface area contributed by atoms with Gasteiger partial charge in [-0.05, 0) is 35.7 Å². The number of nitrogens with zero attached hydrogens (tertiary/aromatic N) is 1. The van der Waals surface area contributed by atoms with E-state index in [1.54, 1.807) is 7.11 Å². The summed E-state index contributed by atoms with van der Waals surface area (Å²) in [5.41, 5.74) is 3.86. The lowest BCUT2D eigenvalue weighted by Gasteiger charge is -2.17. The van der Waals surface area contributed by atoms with Gasteiger partial charge in [0, 0.05) is 19.8 Å². The lowest BCUT2D eigenvalue weighted by Crippen LogP contribution is -2.11. The van der Waals surface area contributed by atoms with Crippen molar-refractivity contribution >= 4 is 5.69 Å². The molecule has 0 atom stereocenters. The zero-order valence-corrected chi connectivity index (χ0v) is 11.2. The quantitative estimate of drug-likeness (QED) is 0.814. The van der Waals surface area contributed by atoms with Gasteiger partial charge < -0.3 is 9.64 Å². The first-order chi connectivity index (χ1) is 8.70. The Balaban J connectivity index is 2.28. The summed E-state index contributed by atoms with van der Waals surface area (Å²) in [6.45, 7) is 0. The van der Waals surface area contributed by atoms with Gasteiger partial charge in [0.15, 0.2) is 0 Å². The first kappa shape index (κ1) is 12.5. The predicted molar refractivity (Wildman–Crippen MR) is 76.6 cm³/mol. The molecule has 0 fully saturated rings. The smallest absolute Gasteiger partial charge is 0.119 e. The number of para-hydroxylation sites is 1. The van der Waals surface area contributed by atoms with E-state index in [0.717, 1.165) is 12.2 Å². The summed E-state index contributed by atoms with van der Waals surface area (Å²) in [5.74, 6) is 0.912. The van der Waals surface area contributed by atoms with Crippen LogP contribution < -0.4 is 9.64 Å². The molecular weight excluding hydrogens is 222 g/mol. The lowest BCUT2D eigenvalue weighted by atomic mass is 10.0. The highest BCUT2D eigenvalue weighted by Gasteiger charge is 2.05. The van der Waals surface area contributed by atoms with Crippen LogP contribution in [0, 0.1) is 0 Å². The average Bonchev–Trinajstić information content (AvgIpc) is 2.39. The molecule has 2 nitrogen and oxygen atoms in total. The van der Waals surface area contributed by atoms with Crippen LogP contribution in [-0.4, -0.2) is 21.2 Å². The standard InChI is InChI=1S/C16H19NO/c1-17(2)16-10-5-4-8-14(16)11-13-7-6-9-15(12-13)18-3/h4-10,12H,11H2,1-3H3. The highest BCUT2D eigenvalue weighted by molar-refractivity contribution is 5.54. The minimum atomic E-state index is 0.912. The van der Waals surface area contributed by atoms with Crippen LogP contribution in [-0.2, 0) is 6.42 Å². The fourth-order valence-electron chi connectivity index (χ4n) is 2.10. The molecule has 0 bridgehead atoms. The number of rotatable bonds is 4. The molecule has 2 heteroatoms. The summed E-state index contributed by atoms with van der Waals surface area (Å²) in [6, 6.07) is 16.7. The summed E-state index contributed by atoms with van der Waals surface area (Å²) in [7, 11) is 5.85. The minimum absolute atomic E-state index is 0.912. The summed E-state index contributed by atoms with van der Waals surface area (Å²) in [4.78, 5) is 2.15. The second-order valence-corrected chi connectivity index (χ2v) is 4.55. The Morgan fingerprint density at radius 2 is 1.78 bits per heavy atom. The largest absolute Gasteiger partial charge is 0.497 e. The van der Waals surface area contributed by atoms with E-state index in [2.05, 4.69) is 55.4 Å². The molecule has 2 aromatic carbocycles. The maximum atomic E-state index is 5.26. The maximum absolute atomic E-state index is 5.26. The predicted octanol–water partition coefficient (Wildman–Crippen LogP) is 3.35. The summed E-state index contributed by atoms with van der Waals surface area (Å²) < 4.78 is 5.26. The number of anilines is 1. The molecule has 18 heavy (non-hydrogen) atoms. The van der Waals surface area contributed by atoms with Gasteiger partial charge in [-0.2, -0.15) is 0 Å². The van der Waals surface area contributed by atoms with E-state index in [-0.39, 0.29) is 0 Å². The van der Waals surface area contributed by atoms with Crippen molar-refractivity contribution in [3.8, 4) is 5.75 Å². The Morgan fingerprint density at radius 1 is 1.00 bits per heavy atom. The molecule has 0 heterocycles. The van der Waals surface area contributed by atoms with Crippen molar-refractivity contribution in [1.29, 1.82) is 0 Å². The van der Waals surface area contributed by atoms with Gasteiger partial charge in [-0.3, -0.25) is 0 Å². The highest BCUT2D eigenvalue weighted by atomic mass is 16.5. The zero-order valence-electron chi connectivity index (χ0n) is 11.2. The number of ether oxygens (including phenoxy) is 1. The topological polar surface area (TPSA) is 12.5 Å². The molecule has 94 valence electrons. The van der Waals surface area contributed by atoms with E-state index >= 15 is 0 Å². The molecule has 0 spiro atoms. The third-order valence-corrected chi connectivity index (χ3v) is 3.00. The van der Waals surface area contributed by atoms with Crippen molar-refractivity contribution in [3.05, 3.63) is 59.7 Å². The van der Waals surface area contributed by atoms with Gasteiger partial charge in [0.25, 0.3) is 0 Å². The second kappa shape index (κ2) is 5.58.